The van der Waals surface area contributed by atoms with Gasteiger partial charge in [-0.3, -0.25) is 0 Å². The Morgan fingerprint density at radius 3 is 2.64 bits per heavy atom. The molecule has 182 valence electrons. The fourth-order valence-electron chi connectivity index (χ4n) is 4.69. The van der Waals surface area contributed by atoms with E-state index in [4.69, 9.17) is 24.1 Å². The second-order valence-corrected chi connectivity index (χ2v) is 8.55. The monoisotopic (exact) mass is 461 g/mol. The smallest absolute Gasteiger partial charge is 0.482 e. The Hall–Kier alpha value is -2.74. The fraction of sp³-hybridized carbons (Fsp3) is 0.600. The molecular formula is C25H35NO7. The number of carbonyl (C=O) groups excluding carboxylic acids is 1. The summed E-state index contributed by atoms with van der Waals surface area (Å²) in [5.41, 5.74) is 2.62. The van der Waals surface area contributed by atoms with E-state index in [0.29, 0.717) is 30.0 Å². The summed E-state index contributed by atoms with van der Waals surface area (Å²) in [5, 5.41) is 9.83. The minimum atomic E-state index is -1.04. The zero-order valence-corrected chi connectivity index (χ0v) is 19.9. The molecule has 3 rings (SSSR count). The number of carboxylic acid groups (broad SMARTS) is 1. The van der Waals surface area contributed by atoms with Crippen LogP contribution in [0, 0.1) is 12.8 Å². The van der Waals surface area contributed by atoms with Crippen LogP contribution in [0.25, 0.3) is 10.9 Å². The van der Waals surface area contributed by atoms with Gasteiger partial charge in [-0.1, -0.05) is 32.1 Å². The molecule has 0 radical (unpaired) electrons. The summed E-state index contributed by atoms with van der Waals surface area (Å²) < 4.78 is 23.5. The Labute approximate surface area is 194 Å². The van der Waals surface area contributed by atoms with Crippen LogP contribution in [0.5, 0.6) is 11.5 Å². The van der Waals surface area contributed by atoms with Gasteiger partial charge < -0.3 is 28.6 Å². The van der Waals surface area contributed by atoms with Crippen LogP contribution in [0.4, 0.5) is 4.79 Å². The summed E-state index contributed by atoms with van der Waals surface area (Å²) in [4.78, 5) is 23.2. The topological polar surface area (TPSA) is 96.2 Å². The molecule has 0 spiro atoms. The number of carbonyl (C=O) groups is 2. The maximum Gasteiger partial charge on any atom is 0.513 e. The Bertz CT molecular complexity index is 960. The van der Waals surface area contributed by atoms with Crippen molar-refractivity contribution in [3.8, 4) is 11.5 Å². The lowest BCUT2D eigenvalue weighted by molar-refractivity contribution is -0.139. The van der Waals surface area contributed by atoms with Gasteiger partial charge >= 0.3 is 12.1 Å². The number of ether oxygens (including phenoxy) is 4. The van der Waals surface area contributed by atoms with Crippen LogP contribution >= 0.6 is 0 Å². The average molecular weight is 462 g/mol. The number of methoxy groups -OCH3 is 1. The minimum absolute atomic E-state index is 0.207. The number of hydrogen-bond acceptors (Lipinski definition) is 6. The molecule has 1 heterocycles. The van der Waals surface area contributed by atoms with Crippen LogP contribution in [0.2, 0.25) is 0 Å². The van der Waals surface area contributed by atoms with Gasteiger partial charge in [-0.05, 0) is 50.3 Å². The van der Waals surface area contributed by atoms with Crippen molar-refractivity contribution in [2.75, 3.05) is 26.9 Å². The van der Waals surface area contributed by atoms with E-state index in [-0.39, 0.29) is 6.61 Å². The fourth-order valence-corrected chi connectivity index (χ4v) is 4.69. The van der Waals surface area contributed by atoms with E-state index >= 15 is 0 Å². The quantitative estimate of drug-likeness (QED) is 0.439. The van der Waals surface area contributed by atoms with Crippen molar-refractivity contribution in [2.24, 2.45) is 5.92 Å². The van der Waals surface area contributed by atoms with Gasteiger partial charge in [-0.15, -0.1) is 0 Å². The normalized spacial score (nSPS) is 14.0. The van der Waals surface area contributed by atoms with E-state index in [1.165, 1.54) is 25.7 Å². The predicted molar refractivity (Wildman–Crippen MR) is 124 cm³/mol. The summed E-state index contributed by atoms with van der Waals surface area (Å²) in [6.07, 6.45) is 7.44. The summed E-state index contributed by atoms with van der Waals surface area (Å²) in [6.45, 7) is 4.45. The molecule has 1 N–H and O–H groups in total. The highest BCUT2D eigenvalue weighted by atomic mass is 16.7. The van der Waals surface area contributed by atoms with Gasteiger partial charge in [-0.25, -0.2) is 9.59 Å². The average Bonchev–Trinajstić information content (AvgIpc) is 3.38. The molecular weight excluding hydrogens is 426 g/mol. The van der Waals surface area contributed by atoms with Gasteiger partial charge in [0.05, 0.1) is 24.4 Å². The highest BCUT2D eigenvalue weighted by molar-refractivity contribution is 5.92. The number of hydrogen-bond donors (Lipinski definition) is 1. The molecule has 0 bridgehead atoms. The number of aryl methyl sites for hydroxylation is 1. The number of aliphatic carboxylic acids is 1. The molecule has 2 aromatic rings. The Kier molecular flexibility index (Phi) is 9.00. The first-order chi connectivity index (χ1) is 15.9. The Morgan fingerprint density at radius 1 is 1.21 bits per heavy atom. The standard InChI is InChI=1S/C25H35NO7/c1-4-31-25(29)33-24-17(2)26(12-13-30-3)21-14-19(11-7-10-18-8-5-6-9-18)22(15-20(21)24)32-16-23(27)28/h14-15,18H,4-13,16H2,1-3H3,(H,27,28). The zero-order valence-electron chi connectivity index (χ0n) is 19.9. The third kappa shape index (κ3) is 6.41. The van der Waals surface area contributed by atoms with Crippen LogP contribution in [-0.2, 0) is 27.2 Å². The predicted octanol–water partition coefficient (Wildman–Crippen LogP) is 5.11. The van der Waals surface area contributed by atoms with Crippen LogP contribution in [0.3, 0.4) is 0 Å². The first-order valence-electron chi connectivity index (χ1n) is 11.8. The molecule has 0 unspecified atom stereocenters. The molecule has 0 saturated heterocycles. The van der Waals surface area contributed by atoms with Gasteiger partial charge in [0.25, 0.3) is 0 Å². The highest BCUT2D eigenvalue weighted by Crippen LogP contribution is 2.38. The third-order valence-corrected chi connectivity index (χ3v) is 6.30. The van der Waals surface area contributed by atoms with Crippen LogP contribution < -0.4 is 9.47 Å². The second kappa shape index (κ2) is 11.9. The van der Waals surface area contributed by atoms with Crippen molar-refractivity contribution >= 4 is 23.0 Å². The van der Waals surface area contributed by atoms with Gasteiger partial charge in [0.1, 0.15) is 5.75 Å². The van der Waals surface area contributed by atoms with E-state index in [2.05, 4.69) is 4.57 Å². The number of rotatable bonds is 12. The van der Waals surface area contributed by atoms with Gasteiger partial charge in [0.2, 0.25) is 0 Å². The maximum absolute atomic E-state index is 12.1. The van der Waals surface area contributed by atoms with Crippen molar-refractivity contribution in [1.29, 1.82) is 0 Å². The van der Waals surface area contributed by atoms with E-state index in [9.17, 15) is 9.59 Å². The lowest BCUT2D eigenvalue weighted by atomic mass is 9.97. The van der Waals surface area contributed by atoms with Crippen molar-refractivity contribution in [1.82, 2.24) is 4.57 Å². The Balaban J connectivity index is 1.98. The summed E-state index contributed by atoms with van der Waals surface area (Å²) >= 11 is 0. The molecule has 0 atom stereocenters. The minimum Gasteiger partial charge on any atom is -0.482 e. The van der Waals surface area contributed by atoms with Crippen molar-refractivity contribution in [3.05, 3.63) is 23.4 Å². The largest absolute Gasteiger partial charge is 0.513 e. The summed E-state index contributed by atoms with van der Waals surface area (Å²) in [5.74, 6) is 0.643. The molecule has 1 aliphatic carbocycles. The van der Waals surface area contributed by atoms with Crippen LogP contribution in [0.1, 0.15) is 56.7 Å². The third-order valence-electron chi connectivity index (χ3n) is 6.30. The first-order valence-corrected chi connectivity index (χ1v) is 11.8. The molecule has 1 saturated carbocycles. The molecule has 0 amide bonds. The zero-order chi connectivity index (χ0) is 23.8. The van der Waals surface area contributed by atoms with Crippen molar-refractivity contribution < 1.29 is 33.6 Å². The van der Waals surface area contributed by atoms with Crippen molar-refractivity contribution in [3.63, 3.8) is 0 Å². The van der Waals surface area contributed by atoms with Crippen LogP contribution in [0.15, 0.2) is 12.1 Å². The highest BCUT2D eigenvalue weighted by Gasteiger charge is 2.22. The van der Waals surface area contributed by atoms with Crippen molar-refractivity contribution in [2.45, 2.75) is 65.3 Å². The molecule has 1 aromatic carbocycles. The SMILES string of the molecule is CCOC(=O)Oc1c(C)n(CCOC)c2cc(CCCC3CCCC3)c(OCC(=O)O)cc12. The molecule has 1 aromatic heterocycles. The number of carboxylic acids is 1. The molecule has 1 fully saturated rings. The lowest BCUT2D eigenvalue weighted by Gasteiger charge is -2.14. The number of nitrogens with zero attached hydrogens (tertiary/aromatic N) is 1. The maximum atomic E-state index is 12.1. The van der Waals surface area contributed by atoms with E-state index in [0.717, 1.165) is 42.0 Å². The van der Waals surface area contributed by atoms with Gasteiger partial charge in [0.15, 0.2) is 12.4 Å². The van der Waals surface area contributed by atoms with E-state index < -0.39 is 18.7 Å². The molecule has 0 aliphatic heterocycles. The summed E-state index contributed by atoms with van der Waals surface area (Å²) in [6, 6.07) is 3.82. The molecule has 8 nitrogen and oxygen atoms in total. The molecule has 33 heavy (non-hydrogen) atoms. The molecule has 1 aliphatic rings. The second-order valence-electron chi connectivity index (χ2n) is 8.55. The molecule has 8 heteroatoms. The van der Waals surface area contributed by atoms with E-state index in [1.807, 2.05) is 13.0 Å². The van der Waals surface area contributed by atoms with Crippen LogP contribution in [-0.4, -0.2) is 48.7 Å². The number of benzene rings is 1. The van der Waals surface area contributed by atoms with Gasteiger partial charge in [0, 0.05) is 19.0 Å². The Morgan fingerprint density at radius 2 is 1.97 bits per heavy atom. The lowest BCUT2D eigenvalue weighted by Crippen LogP contribution is -2.11. The van der Waals surface area contributed by atoms with E-state index in [1.54, 1.807) is 20.1 Å². The summed E-state index contributed by atoms with van der Waals surface area (Å²) in [7, 11) is 1.64. The van der Waals surface area contributed by atoms with Gasteiger partial charge in [-0.2, -0.15) is 0 Å². The number of fused-ring (bicyclic) bond motifs is 1. The number of aromatic nitrogens is 1. The first kappa shape index (κ1) is 24.9.